The monoisotopic (exact) mass is 279 g/mol. The molecule has 1 aliphatic heterocycles. The van der Waals surface area contributed by atoms with Crippen molar-refractivity contribution in [1.82, 2.24) is 9.97 Å². The van der Waals surface area contributed by atoms with Gasteiger partial charge in [-0.3, -0.25) is 0 Å². The summed E-state index contributed by atoms with van der Waals surface area (Å²) < 4.78 is 5.42. The number of hydrogen-bond donors (Lipinski definition) is 2. The van der Waals surface area contributed by atoms with Gasteiger partial charge in [-0.2, -0.15) is 0 Å². The molecule has 0 atom stereocenters. The second-order valence-electron chi connectivity index (χ2n) is 5.42. The van der Waals surface area contributed by atoms with E-state index in [1.165, 1.54) is 32.0 Å². The zero-order chi connectivity index (χ0) is 14.6. The van der Waals surface area contributed by atoms with Crippen LogP contribution < -0.4 is 20.9 Å². The lowest BCUT2D eigenvalue weighted by molar-refractivity contribution is 0.198. The molecule has 0 saturated carbocycles. The van der Waals surface area contributed by atoms with Crippen molar-refractivity contribution in [3.63, 3.8) is 0 Å². The molecule has 1 aromatic heterocycles. The molecule has 0 spiro atoms. The topological polar surface area (TPSA) is 76.3 Å². The van der Waals surface area contributed by atoms with Crippen molar-refractivity contribution in [2.24, 2.45) is 11.3 Å². The number of anilines is 2. The first kappa shape index (κ1) is 14.8. The van der Waals surface area contributed by atoms with E-state index in [0.717, 1.165) is 18.9 Å². The summed E-state index contributed by atoms with van der Waals surface area (Å²) in [7, 11) is 1.62. The van der Waals surface area contributed by atoms with E-state index >= 15 is 0 Å². The maximum atomic E-state index is 5.47. The van der Waals surface area contributed by atoms with E-state index in [1.54, 1.807) is 7.11 Å². The number of piperidine rings is 1. The molecule has 112 valence electrons. The Bertz CT molecular complexity index is 437. The van der Waals surface area contributed by atoms with Crippen LogP contribution in [0.1, 0.15) is 39.5 Å². The summed E-state index contributed by atoms with van der Waals surface area (Å²) in [5.74, 6) is 7.45. The molecular weight excluding hydrogens is 254 g/mol. The van der Waals surface area contributed by atoms with E-state index in [-0.39, 0.29) is 0 Å². The Balaban J connectivity index is 2.18. The van der Waals surface area contributed by atoms with Crippen molar-refractivity contribution in [2.75, 3.05) is 30.5 Å². The fourth-order valence-electron chi connectivity index (χ4n) is 3.03. The van der Waals surface area contributed by atoms with Gasteiger partial charge in [-0.1, -0.05) is 26.7 Å². The highest BCUT2D eigenvalue weighted by atomic mass is 16.5. The van der Waals surface area contributed by atoms with E-state index in [2.05, 4.69) is 34.1 Å². The Morgan fingerprint density at radius 3 is 2.45 bits per heavy atom. The van der Waals surface area contributed by atoms with Gasteiger partial charge in [0.2, 0.25) is 5.75 Å². The molecule has 3 N–H and O–H groups in total. The van der Waals surface area contributed by atoms with Crippen LogP contribution in [0.25, 0.3) is 0 Å². The number of methoxy groups -OCH3 is 1. The smallest absolute Gasteiger partial charge is 0.205 e. The highest BCUT2D eigenvalue weighted by molar-refractivity contribution is 5.64. The third-order valence-electron chi connectivity index (χ3n) is 4.75. The van der Waals surface area contributed by atoms with Gasteiger partial charge >= 0.3 is 0 Å². The third-order valence-corrected chi connectivity index (χ3v) is 4.75. The van der Waals surface area contributed by atoms with Crippen LogP contribution in [-0.4, -0.2) is 30.2 Å². The first-order valence-corrected chi connectivity index (χ1v) is 7.30. The van der Waals surface area contributed by atoms with Crippen LogP contribution in [-0.2, 0) is 0 Å². The minimum absolute atomic E-state index is 0.492. The number of nitrogen functional groups attached to an aromatic ring is 1. The lowest BCUT2D eigenvalue weighted by Crippen LogP contribution is -2.40. The summed E-state index contributed by atoms with van der Waals surface area (Å²) >= 11 is 0. The van der Waals surface area contributed by atoms with Crippen molar-refractivity contribution in [1.29, 1.82) is 0 Å². The van der Waals surface area contributed by atoms with E-state index in [1.807, 2.05) is 0 Å². The summed E-state index contributed by atoms with van der Waals surface area (Å²) in [6, 6.07) is 0. The quantitative estimate of drug-likeness (QED) is 0.635. The lowest BCUT2D eigenvalue weighted by atomic mass is 9.74. The predicted molar refractivity (Wildman–Crippen MR) is 80.9 cm³/mol. The van der Waals surface area contributed by atoms with Gasteiger partial charge in [0.1, 0.15) is 6.33 Å². The van der Waals surface area contributed by atoms with Gasteiger partial charge in [-0.05, 0) is 18.3 Å². The second-order valence-corrected chi connectivity index (χ2v) is 5.42. The molecular formula is C14H25N5O. The van der Waals surface area contributed by atoms with Crippen LogP contribution in [0.15, 0.2) is 6.33 Å². The average Bonchev–Trinajstić information content (AvgIpc) is 2.54. The van der Waals surface area contributed by atoms with Crippen molar-refractivity contribution >= 4 is 11.6 Å². The molecule has 1 aliphatic rings. The SMILES string of the molecule is CCC1(CC)CCN(c2ncnc(NN)c2OC)CC1. The fraction of sp³-hybridized carbons (Fsp3) is 0.714. The van der Waals surface area contributed by atoms with Crippen LogP contribution in [0.2, 0.25) is 0 Å². The minimum atomic E-state index is 0.492. The van der Waals surface area contributed by atoms with E-state index < -0.39 is 0 Å². The second kappa shape index (κ2) is 6.26. The Kier molecular flexibility index (Phi) is 4.65. The zero-order valence-electron chi connectivity index (χ0n) is 12.6. The van der Waals surface area contributed by atoms with Gasteiger partial charge in [0.05, 0.1) is 7.11 Å². The Morgan fingerprint density at radius 1 is 1.30 bits per heavy atom. The molecule has 1 aromatic rings. The molecule has 0 bridgehead atoms. The number of nitrogens with two attached hydrogens (primary N) is 1. The van der Waals surface area contributed by atoms with Crippen LogP contribution in [0.5, 0.6) is 5.75 Å². The van der Waals surface area contributed by atoms with Crippen molar-refractivity contribution in [2.45, 2.75) is 39.5 Å². The maximum absolute atomic E-state index is 5.47. The molecule has 20 heavy (non-hydrogen) atoms. The van der Waals surface area contributed by atoms with Gasteiger partial charge < -0.3 is 15.1 Å². The fourth-order valence-corrected chi connectivity index (χ4v) is 3.03. The molecule has 1 fully saturated rings. The number of hydrogen-bond acceptors (Lipinski definition) is 6. The molecule has 6 nitrogen and oxygen atoms in total. The van der Waals surface area contributed by atoms with Crippen LogP contribution in [0.4, 0.5) is 11.6 Å². The standard InChI is InChI=1S/C14H25N5O/c1-4-14(5-2)6-8-19(9-7-14)13-11(20-3)12(18-15)16-10-17-13/h10H,4-9,15H2,1-3H3,(H,16,17,18). The summed E-state index contributed by atoms with van der Waals surface area (Å²) in [5.41, 5.74) is 3.05. The maximum Gasteiger partial charge on any atom is 0.205 e. The van der Waals surface area contributed by atoms with Gasteiger partial charge in [0.15, 0.2) is 11.6 Å². The normalized spacial score (nSPS) is 17.9. The average molecular weight is 279 g/mol. The van der Waals surface area contributed by atoms with Gasteiger partial charge in [0.25, 0.3) is 0 Å². The molecule has 0 unspecified atom stereocenters. The number of nitrogens with one attached hydrogen (secondary N) is 1. The molecule has 2 rings (SSSR count). The molecule has 0 amide bonds. The summed E-state index contributed by atoms with van der Waals surface area (Å²) in [6.45, 7) is 6.58. The number of ether oxygens (including phenoxy) is 1. The van der Waals surface area contributed by atoms with E-state index in [9.17, 15) is 0 Å². The first-order valence-electron chi connectivity index (χ1n) is 7.30. The molecule has 0 radical (unpaired) electrons. The number of nitrogens with zero attached hydrogens (tertiary/aromatic N) is 3. The third kappa shape index (κ3) is 2.65. The largest absolute Gasteiger partial charge is 0.490 e. The molecule has 1 saturated heterocycles. The van der Waals surface area contributed by atoms with Gasteiger partial charge in [0, 0.05) is 13.1 Å². The molecule has 0 aliphatic carbocycles. The summed E-state index contributed by atoms with van der Waals surface area (Å²) in [5, 5.41) is 0. The van der Waals surface area contributed by atoms with Crippen LogP contribution >= 0.6 is 0 Å². The van der Waals surface area contributed by atoms with Gasteiger partial charge in [-0.15, -0.1) is 0 Å². The van der Waals surface area contributed by atoms with Crippen molar-refractivity contribution in [3.05, 3.63) is 6.33 Å². The zero-order valence-corrected chi connectivity index (χ0v) is 12.6. The lowest BCUT2D eigenvalue weighted by Gasteiger charge is -2.41. The van der Waals surface area contributed by atoms with E-state index in [0.29, 0.717) is 17.0 Å². The van der Waals surface area contributed by atoms with Crippen LogP contribution in [0, 0.1) is 5.41 Å². The van der Waals surface area contributed by atoms with Crippen LogP contribution in [0.3, 0.4) is 0 Å². The minimum Gasteiger partial charge on any atom is -0.490 e. The first-order chi connectivity index (χ1) is 9.69. The highest BCUT2D eigenvalue weighted by Crippen LogP contribution is 2.41. The summed E-state index contributed by atoms with van der Waals surface area (Å²) in [6.07, 6.45) is 6.40. The summed E-state index contributed by atoms with van der Waals surface area (Å²) in [4.78, 5) is 10.7. The van der Waals surface area contributed by atoms with Crippen molar-refractivity contribution in [3.8, 4) is 5.75 Å². The number of rotatable bonds is 5. The van der Waals surface area contributed by atoms with Gasteiger partial charge in [-0.25, -0.2) is 15.8 Å². The molecule has 0 aromatic carbocycles. The molecule has 6 heteroatoms. The van der Waals surface area contributed by atoms with E-state index in [4.69, 9.17) is 10.6 Å². The van der Waals surface area contributed by atoms with Crippen molar-refractivity contribution < 1.29 is 4.74 Å². The highest BCUT2D eigenvalue weighted by Gasteiger charge is 2.32. The predicted octanol–water partition coefficient (Wildman–Crippen LogP) is 2.18. The Morgan fingerprint density at radius 2 is 1.95 bits per heavy atom. The Hall–Kier alpha value is -1.56. The molecule has 2 heterocycles. The number of hydrazine groups is 1. The Labute approximate surface area is 120 Å². The number of aromatic nitrogens is 2.